The molecular weight excluding hydrogens is 438 g/mol. The molecule has 1 saturated carbocycles. The normalized spacial score (nSPS) is 19.5. The first-order valence-corrected chi connectivity index (χ1v) is 10.1. The average molecular weight is 459 g/mol. The molecule has 2 aromatic carbocycles. The summed E-state index contributed by atoms with van der Waals surface area (Å²) in [5.74, 6) is -0.776. The van der Waals surface area contributed by atoms with Gasteiger partial charge in [-0.3, -0.25) is 4.79 Å². The van der Waals surface area contributed by atoms with E-state index >= 15 is 0 Å². The summed E-state index contributed by atoms with van der Waals surface area (Å²) >= 11 is 3.75. The first kappa shape index (κ1) is 22.0. The van der Waals surface area contributed by atoms with Gasteiger partial charge in [-0.25, -0.2) is 4.79 Å². The summed E-state index contributed by atoms with van der Waals surface area (Å²) in [6.45, 7) is 0.196. The molecule has 2 atom stereocenters. The summed E-state index contributed by atoms with van der Waals surface area (Å²) in [5.41, 5.74) is -0.330. The Bertz CT molecular complexity index is 1150. The van der Waals surface area contributed by atoms with Crippen molar-refractivity contribution in [1.82, 2.24) is 5.32 Å². The molecule has 0 bridgehead atoms. The third-order valence-corrected chi connectivity index (χ3v) is 5.39. The van der Waals surface area contributed by atoms with Crippen LogP contribution >= 0.6 is 12.9 Å². The number of furan rings is 1. The Morgan fingerprint density at radius 2 is 2.06 bits per heavy atom. The van der Waals surface area contributed by atoms with E-state index in [9.17, 15) is 14.7 Å². The van der Waals surface area contributed by atoms with Crippen LogP contribution < -0.4 is 14.2 Å². The van der Waals surface area contributed by atoms with Crippen molar-refractivity contribution in [2.24, 2.45) is 0 Å². The summed E-state index contributed by atoms with van der Waals surface area (Å²) in [5, 5.41) is 12.9. The molecule has 168 valence electrons. The summed E-state index contributed by atoms with van der Waals surface area (Å²) < 4.78 is 26.6. The fraction of sp³-hybridized carbons (Fsp3) is 0.273. The maximum absolute atomic E-state index is 12.7. The number of carbonyl (C=O) groups excluding carboxylic acids is 1. The van der Waals surface area contributed by atoms with Crippen LogP contribution in [0.5, 0.6) is 11.5 Å². The molecule has 4 rings (SSSR count). The van der Waals surface area contributed by atoms with Gasteiger partial charge in [-0.2, -0.15) is 0 Å². The second-order valence-electron chi connectivity index (χ2n) is 7.29. The first-order valence-electron chi connectivity index (χ1n) is 9.69. The number of carboxylic acids is 1. The van der Waals surface area contributed by atoms with Crippen LogP contribution in [0.1, 0.15) is 22.5 Å². The maximum Gasteiger partial charge on any atom is 0.332 e. The third kappa shape index (κ3) is 4.38. The summed E-state index contributed by atoms with van der Waals surface area (Å²) in [6, 6.07) is 13.7. The third-order valence-electron chi connectivity index (χ3n) is 5.18. The van der Waals surface area contributed by atoms with Gasteiger partial charge in [0, 0.05) is 37.4 Å². The Morgan fingerprint density at radius 3 is 2.81 bits per heavy atom. The summed E-state index contributed by atoms with van der Waals surface area (Å²) in [4.78, 5) is 24.7. The number of ether oxygens (including phenoxy) is 3. The number of rotatable bonds is 10. The molecule has 1 aliphatic carbocycles. The first-order chi connectivity index (χ1) is 15.5. The van der Waals surface area contributed by atoms with Gasteiger partial charge in [-0.05, 0) is 30.3 Å². The van der Waals surface area contributed by atoms with Crippen molar-refractivity contribution >= 4 is 35.8 Å². The smallest absolute Gasteiger partial charge is 0.332 e. The Balaban J connectivity index is 1.44. The number of carboxylic acid groups (broad SMARTS) is 1. The lowest BCUT2D eigenvalue weighted by atomic mass is 10.2. The molecular formula is C22H21NO8S. The Hall–Kier alpha value is -3.21. The number of hydrogen-bond acceptors (Lipinski definition) is 8. The van der Waals surface area contributed by atoms with Gasteiger partial charge >= 0.3 is 5.97 Å². The van der Waals surface area contributed by atoms with E-state index in [1.165, 1.54) is 13.2 Å². The highest BCUT2D eigenvalue weighted by molar-refractivity contribution is 7.75. The average Bonchev–Trinajstić information content (AvgIpc) is 3.33. The molecule has 10 heteroatoms. The minimum absolute atomic E-state index is 0.0131. The molecule has 2 unspecified atom stereocenters. The molecule has 0 radical (unpaired) electrons. The van der Waals surface area contributed by atoms with Crippen LogP contribution in [0.2, 0.25) is 0 Å². The van der Waals surface area contributed by atoms with Crippen LogP contribution in [0.15, 0.2) is 52.9 Å². The number of carbonyl (C=O) groups is 2. The molecule has 32 heavy (non-hydrogen) atoms. The summed E-state index contributed by atoms with van der Waals surface area (Å²) in [7, 11) is 1.52. The lowest BCUT2D eigenvalue weighted by Crippen LogP contribution is -2.46. The van der Waals surface area contributed by atoms with Crippen LogP contribution in [-0.4, -0.2) is 42.5 Å². The largest absolute Gasteiger partial charge is 0.479 e. The predicted octanol–water partition coefficient (Wildman–Crippen LogP) is 3.18. The molecule has 1 aromatic heterocycles. The van der Waals surface area contributed by atoms with Crippen molar-refractivity contribution in [1.29, 1.82) is 0 Å². The molecule has 0 saturated heterocycles. The van der Waals surface area contributed by atoms with E-state index in [1.807, 2.05) is 18.2 Å². The molecule has 1 aliphatic rings. The minimum atomic E-state index is -1.53. The molecule has 1 fully saturated rings. The van der Waals surface area contributed by atoms with Gasteiger partial charge in [0.25, 0.3) is 5.91 Å². The van der Waals surface area contributed by atoms with Crippen molar-refractivity contribution in [3.8, 4) is 11.5 Å². The van der Waals surface area contributed by atoms with Crippen molar-refractivity contribution < 1.29 is 37.5 Å². The molecule has 9 nitrogen and oxygen atoms in total. The fourth-order valence-corrected chi connectivity index (χ4v) is 3.49. The van der Waals surface area contributed by atoms with Crippen LogP contribution in [0.25, 0.3) is 11.0 Å². The summed E-state index contributed by atoms with van der Waals surface area (Å²) in [6.07, 6.45) is -0.569. The van der Waals surface area contributed by atoms with E-state index in [0.29, 0.717) is 22.5 Å². The quantitative estimate of drug-likeness (QED) is 0.241. The van der Waals surface area contributed by atoms with E-state index in [-0.39, 0.29) is 25.6 Å². The van der Waals surface area contributed by atoms with Gasteiger partial charge in [-0.15, -0.1) is 0 Å². The SMILES string of the molecule is COCOc1ccccc1COC1CC1(NC(=O)c1cc2cc(OS)ccc2o1)C(=O)O. The molecule has 3 aromatic rings. The number of para-hydroxylation sites is 1. The number of aliphatic carboxylic acids is 1. The number of benzene rings is 2. The van der Waals surface area contributed by atoms with Gasteiger partial charge in [0.15, 0.2) is 18.1 Å². The number of amides is 1. The van der Waals surface area contributed by atoms with Crippen LogP contribution in [0.3, 0.4) is 0 Å². The highest BCUT2D eigenvalue weighted by Crippen LogP contribution is 2.41. The highest BCUT2D eigenvalue weighted by atomic mass is 32.1. The van der Waals surface area contributed by atoms with Crippen LogP contribution in [-0.2, 0) is 20.9 Å². The topological polar surface area (TPSA) is 116 Å². The van der Waals surface area contributed by atoms with E-state index in [0.717, 1.165) is 5.56 Å². The van der Waals surface area contributed by atoms with Crippen molar-refractivity contribution in [3.05, 3.63) is 59.9 Å². The van der Waals surface area contributed by atoms with E-state index < -0.39 is 23.5 Å². The molecule has 0 aliphatic heterocycles. The Morgan fingerprint density at radius 1 is 1.25 bits per heavy atom. The van der Waals surface area contributed by atoms with Gasteiger partial charge < -0.3 is 33.2 Å². The van der Waals surface area contributed by atoms with Crippen molar-refractivity contribution in [3.63, 3.8) is 0 Å². The van der Waals surface area contributed by atoms with Gasteiger partial charge in [-0.1, -0.05) is 18.2 Å². The van der Waals surface area contributed by atoms with Crippen molar-refractivity contribution in [2.45, 2.75) is 24.7 Å². The second kappa shape index (κ2) is 9.11. The van der Waals surface area contributed by atoms with Gasteiger partial charge in [0.05, 0.1) is 12.7 Å². The molecule has 0 spiro atoms. The molecule has 1 heterocycles. The molecule has 1 amide bonds. The highest BCUT2D eigenvalue weighted by Gasteiger charge is 2.63. The van der Waals surface area contributed by atoms with E-state index in [2.05, 4.69) is 18.2 Å². The Kier molecular flexibility index (Phi) is 6.26. The number of thiol groups is 1. The maximum atomic E-state index is 12.7. The zero-order valence-corrected chi connectivity index (χ0v) is 18.0. The lowest BCUT2D eigenvalue weighted by Gasteiger charge is -2.15. The number of hydrogen-bond donors (Lipinski definition) is 3. The predicted molar refractivity (Wildman–Crippen MR) is 116 cm³/mol. The van der Waals surface area contributed by atoms with E-state index in [1.54, 1.807) is 24.3 Å². The molecule has 2 N–H and O–H groups in total. The standard InChI is InChI=1S/C22H21NO8S/c1-27-12-29-16-5-3-2-4-13(16)11-28-19-10-22(19,21(25)26)23-20(24)18-9-14-8-15(31-32)6-7-17(14)30-18/h2-9,19,32H,10-12H2,1H3,(H,23,24)(H,25,26). The monoisotopic (exact) mass is 459 g/mol. The van der Waals surface area contributed by atoms with Gasteiger partial charge in [0.1, 0.15) is 17.1 Å². The van der Waals surface area contributed by atoms with Crippen LogP contribution in [0, 0.1) is 0 Å². The fourth-order valence-electron chi connectivity index (χ4n) is 3.38. The zero-order chi connectivity index (χ0) is 22.7. The van der Waals surface area contributed by atoms with E-state index in [4.69, 9.17) is 22.8 Å². The van der Waals surface area contributed by atoms with Crippen molar-refractivity contribution in [2.75, 3.05) is 13.9 Å². The lowest BCUT2D eigenvalue weighted by molar-refractivity contribution is -0.142. The Labute approximate surface area is 188 Å². The van der Waals surface area contributed by atoms with Crippen LogP contribution in [0.4, 0.5) is 0 Å². The minimum Gasteiger partial charge on any atom is -0.479 e. The second-order valence-corrected chi connectivity index (χ2v) is 7.48. The van der Waals surface area contributed by atoms with Gasteiger partial charge in [0.2, 0.25) is 0 Å². The zero-order valence-electron chi connectivity index (χ0n) is 17.1. The number of fused-ring (bicyclic) bond motifs is 1. The number of methoxy groups -OCH3 is 1. The number of nitrogens with one attached hydrogen (secondary N) is 1.